The van der Waals surface area contributed by atoms with Crippen LogP contribution in [-0.4, -0.2) is 66.9 Å². The van der Waals surface area contributed by atoms with Crippen LogP contribution in [0.2, 0.25) is 0 Å². The monoisotopic (exact) mass is 278 g/mol. The Labute approximate surface area is 112 Å². The van der Waals surface area contributed by atoms with Gasteiger partial charge in [-0.05, 0) is 25.4 Å². The van der Waals surface area contributed by atoms with E-state index in [2.05, 4.69) is 5.32 Å². The Morgan fingerprint density at radius 3 is 2.56 bits per heavy atom. The number of carbonyl (C=O) groups excluding carboxylic acids is 1. The van der Waals surface area contributed by atoms with Crippen molar-refractivity contribution in [2.45, 2.75) is 25.4 Å². The standard InChI is InChI=1S/C11H22N2O4S/c1-8(7-17-3)13(2)11(16)12-9(10(14)15)5-6-18-4/h8-9H,5-7H2,1-4H3,(H,12,16)(H,14,15). The van der Waals surface area contributed by atoms with Gasteiger partial charge in [0.15, 0.2) is 0 Å². The predicted molar refractivity (Wildman–Crippen MR) is 72.1 cm³/mol. The van der Waals surface area contributed by atoms with Gasteiger partial charge in [0.1, 0.15) is 6.04 Å². The van der Waals surface area contributed by atoms with Crippen LogP contribution in [0.25, 0.3) is 0 Å². The normalized spacial score (nSPS) is 13.8. The van der Waals surface area contributed by atoms with E-state index in [0.717, 1.165) is 0 Å². The Bertz CT molecular complexity index is 276. The molecule has 0 saturated heterocycles. The highest BCUT2D eigenvalue weighted by molar-refractivity contribution is 7.98. The van der Waals surface area contributed by atoms with E-state index in [1.54, 1.807) is 25.9 Å². The highest BCUT2D eigenvalue weighted by Gasteiger charge is 2.23. The second-order valence-electron chi connectivity index (χ2n) is 4.04. The zero-order valence-electron chi connectivity index (χ0n) is 11.3. The third kappa shape index (κ3) is 6.11. The predicted octanol–water partition coefficient (Wildman–Crippen LogP) is 0.869. The van der Waals surface area contributed by atoms with Crippen LogP contribution >= 0.6 is 11.8 Å². The van der Waals surface area contributed by atoms with Gasteiger partial charge in [0.2, 0.25) is 0 Å². The number of carbonyl (C=O) groups is 2. The SMILES string of the molecule is COCC(C)N(C)C(=O)NC(CCSC)C(=O)O. The van der Waals surface area contributed by atoms with Gasteiger partial charge in [-0.2, -0.15) is 11.8 Å². The molecular formula is C11H22N2O4S. The molecule has 2 unspecified atom stereocenters. The van der Waals surface area contributed by atoms with Crippen molar-refractivity contribution in [1.82, 2.24) is 10.2 Å². The number of hydrogen-bond acceptors (Lipinski definition) is 4. The second kappa shape index (κ2) is 9.04. The number of urea groups is 1. The molecule has 0 spiro atoms. The zero-order chi connectivity index (χ0) is 14.1. The molecule has 6 nitrogen and oxygen atoms in total. The summed E-state index contributed by atoms with van der Waals surface area (Å²) in [6.07, 6.45) is 2.31. The van der Waals surface area contributed by atoms with Gasteiger partial charge in [0, 0.05) is 14.2 Å². The topological polar surface area (TPSA) is 78.9 Å². The lowest BCUT2D eigenvalue weighted by Crippen LogP contribution is -2.50. The first-order valence-corrected chi connectivity index (χ1v) is 7.07. The number of nitrogens with one attached hydrogen (secondary N) is 1. The summed E-state index contributed by atoms with van der Waals surface area (Å²) in [5.41, 5.74) is 0. The average Bonchev–Trinajstić information content (AvgIpc) is 2.33. The summed E-state index contributed by atoms with van der Waals surface area (Å²) in [5, 5.41) is 11.5. The summed E-state index contributed by atoms with van der Waals surface area (Å²) in [6.45, 7) is 2.24. The van der Waals surface area contributed by atoms with Crippen LogP contribution in [0.5, 0.6) is 0 Å². The van der Waals surface area contributed by atoms with Crippen LogP contribution in [0.15, 0.2) is 0 Å². The van der Waals surface area contributed by atoms with Gasteiger partial charge in [-0.25, -0.2) is 9.59 Å². The van der Waals surface area contributed by atoms with Crippen LogP contribution in [0.4, 0.5) is 4.79 Å². The Hall–Kier alpha value is -0.950. The number of methoxy groups -OCH3 is 1. The molecule has 0 aliphatic rings. The largest absolute Gasteiger partial charge is 0.480 e. The van der Waals surface area contributed by atoms with Gasteiger partial charge >= 0.3 is 12.0 Å². The number of amides is 2. The van der Waals surface area contributed by atoms with E-state index < -0.39 is 18.0 Å². The van der Waals surface area contributed by atoms with E-state index >= 15 is 0 Å². The van der Waals surface area contributed by atoms with Crippen molar-refractivity contribution in [3.8, 4) is 0 Å². The zero-order valence-corrected chi connectivity index (χ0v) is 12.1. The maximum atomic E-state index is 11.8. The molecule has 18 heavy (non-hydrogen) atoms. The molecular weight excluding hydrogens is 256 g/mol. The highest BCUT2D eigenvalue weighted by atomic mass is 32.2. The third-order valence-corrected chi connectivity index (χ3v) is 3.24. The van der Waals surface area contributed by atoms with Crippen LogP contribution in [-0.2, 0) is 9.53 Å². The minimum Gasteiger partial charge on any atom is -0.480 e. The summed E-state index contributed by atoms with van der Waals surface area (Å²) in [4.78, 5) is 24.3. The van der Waals surface area contributed by atoms with Gasteiger partial charge in [-0.1, -0.05) is 0 Å². The average molecular weight is 278 g/mol. The molecule has 0 aliphatic carbocycles. The maximum absolute atomic E-state index is 11.8. The van der Waals surface area contributed by atoms with Crippen molar-refractivity contribution in [3.05, 3.63) is 0 Å². The fourth-order valence-corrected chi connectivity index (χ4v) is 1.77. The van der Waals surface area contributed by atoms with Crippen molar-refractivity contribution >= 4 is 23.8 Å². The number of aliphatic carboxylic acids is 1. The first-order valence-electron chi connectivity index (χ1n) is 5.68. The smallest absolute Gasteiger partial charge is 0.326 e. The lowest BCUT2D eigenvalue weighted by Gasteiger charge is -2.26. The number of ether oxygens (including phenoxy) is 1. The third-order valence-electron chi connectivity index (χ3n) is 2.60. The van der Waals surface area contributed by atoms with E-state index in [4.69, 9.17) is 9.84 Å². The lowest BCUT2D eigenvalue weighted by atomic mass is 10.2. The molecule has 106 valence electrons. The number of thioether (sulfide) groups is 1. The van der Waals surface area contributed by atoms with Crippen molar-refractivity contribution in [2.75, 3.05) is 32.8 Å². The molecule has 0 aromatic carbocycles. The van der Waals surface area contributed by atoms with Crippen molar-refractivity contribution in [3.63, 3.8) is 0 Å². The van der Waals surface area contributed by atoms with E-state index in [-0.39, 0.29) is 6.04 Å². The van der Waals surface area contributed by atoms with E-state index in [1.165, 1.54) is 4.90 Å². The van der Waals surface area contributed by atoms with Crippen molar-refractivity contribution in [2.24, 2.45) is 0 Å². The molecule has 0 aliphatic heterocycles. The molecule has 2 N–H and O–H groups in total. The van der Waals surface area contributed by atoms with E-state index in [9.17, 15) is 9.59 Å². The molecule has 2 amide bonds. The van der Waals surface area contributed by atoms with Crippen LogP contribution < -0.4 is 5.32 Å². The first-order chi connectivity index (χ1) is 8.43. The van der Waals surface area contributed by atoms with Gasteiger partial charge in [-0.3, -0.25) is 0 Å². The maximum Gasteiger partial charge on any atom is 0.326 e. The summed E-state index contributed by atoms with van der Waals surface area (Å²) in [6, 6.07) is -1.35. The Morgan fingerprint density at radius 2 is 2.11 bits per heavy atom. The fraction of sp³-hybridized carbons (Fsp3) is 0.818. The van der Waals surface area contributed by atoms with E-state index in [1.807, 2.05) is 13.2 Å². The summed E-state index contributed by atoms with van der Waals surface area (Å²) >= 11 is 1.55. The van der Waals surface area contributed by atoms with Crippen LogP contribution in [0.3, 0.4) is 0 Å². The molecule has 0 bridgehead atoms. The molecule has 0 rings (SSSR count). The molecule has 0 saturated carbocycles. The molecule has 7 heteroatoms. The van der Waals surface area contributed by atoms with Gasteiger partial charge in [0.25, 0.3) is 0 Å². The molecule has 2 atom stereocenters. The summed E-state index contributed by atoms with van der Waals surface area (Å²) in [5.74, 6) is -0.320. The fourth-order valence-electron chi connectivity index (χ4n) is 1.30. The molecule has 0 radical (unpaired) electrons. The number of rotatable bonds is 8. The van der Waals surface area contributed by atoms with Gasteiger partial charge in [0.05, 0.1) is 12.6 Å². The number of carboxylic acids is 1. The molecule has 0 heterocycles. The minimum absolute atomic E-state index is 0.106. The van der Waals surface area contributed by atoms with E-state index in [0.29, 0.717) is 18.8 Å². The molecule has 0 aromatic heterocycles. The van der Waals surface area contributed by atoms with Crippen molar-refractivity contribution in [1.29, 1.82) is 0 Å². The van der Waals surface area contributed by atoms with Crippen molar-refractivity contribution < 1.29 is 19.4 Å². The number of nitrogens with zero attached hydrogens (tertiary/aromatic N) is 1. The number of likely N-dealkylation sites (N-methyl/N-ethyl adjacent to an activating group) is 1. The lowest BCUT2D eigenvalue weighted by molar-refractivity contribution is -0.139. The minimum atomic E-state index is -1.01. The highest BCUT2D eigenvalue weighted by Crippen LogP contribution is 2.03. The number of hydrogen-bond donors (Lipinski definition) is 2. The summed E-state index contributed by atoms with van der Waals surface area (Å²) < 4.78 is 4.95. The Kier molecular flexibility index (Phi) is 8.57. The second-order valence-corrected chi connectivity index (χ2v) is 5.02. The van der Waals surface area contributed by atoms with Crippen LogP contribution in [0.1, 0.15) is 13.3 Å². The Morgan fingerprint density at radius 1 is 1.50 bits per heavy atom. The molecule has 0 aromatic rings. The first kappa shape index (κ1) is 17.1. The van der Waals surface area contributed by atoms with Gasteiger partial charge < -0.3 is 20.1 Å². The van der Waals surface area contributed by atoms with Gasteiger partial charge in [-0.15, -0.1) is 0 Å². The Balaban J connectivity index is 4.35. The van der Waals surface area contributed by atoms with Crippen LogP contribution in [0, 0.1) is 0 Å². The summed E-state index contributed by atoms with van der Waals surface area (Å²) in [7, 11) is 3.17. The molecule has 0 fully saturated rings. The number of carboxylic acid groups (broad SMARTS) is 1. The quantitative estimate of drug-likeness (QED) is 0.689.